The first kappa shape index (κ1) is 11.4. The van der Waals surface area contributed by atoms with Gasteiger partial charge in [-0.1, -0.05) is 35.3 Å². The van der Waals surface area contributed by atoms with Crippen LogP contribution in [0.5, 0.6) is 0 Å². The molecule has 0 bridgehead atoms. The molecule has 4 nitrogen and oxygen atoms in total. The Labute approximate surface area is 103 Å². The van der Waals surface area contributed by atoms with Crippen molar-refractivity contribution in [1.82, 2.24) is 15.2 Å². The van der Waals surface area contributed by atoms with Crippen LogP contribution >= 0.6 is 23.2 Å². The summed E-state index contributed by atoms with van der Waals surface area (Å²) in [5.74, 6) is 1.32. The van der Waals surface area contributed by atoms with Crippen molar-refractivity contribution in [1.29, 1.82) is 0 Å². The lowest BCUT2D eigenvalue weighted by atomic mass is 10.1. The Morgan fingerprint density at radius 1 is 1.31 bits per heavy atom. The zero-order valence-corrected chi connectivity index (χ0v) is 9.89. The number of benzene rings is 1. The minimum Gasteiger partial charge on any atom is -0.324 e. The van der Waals surface area contributed by atoms with Gasteiger partial charge >= 0.3 is 0 Å². The van der Waals surface area contributed by atoms with Gasteiger partial charge in [0.1, 0.15) is 5.82 Å². The van der Waals surface area contributed by atoms with Crippen molar-refractivity contribution in [2.75, 3.05) is 0 Å². The summed E-state index contributed by atoms with van der Waals surface area (Å²) in [5, 5.41) is 7.85. The van der Waals surface area contributed by atoms with E-state index in [0.717, 1.165) is 11.4 Å². The predicted molar refractivity (Wildman–Crippen MR) is 63.5 cm³/mol. The van der Waals surface area contributed by atoms with Crippen LogP contribution < -0.4 is 5.73 Å². The average molecular weight is 257 g/mol. The highest BCUT2D eigenvalue weighted by atomic mass is 35.5. The third kappa shape index (κ3) is 2.35. The van der Waals surface area contributed by atoms with E-state index in [1.165, 1.54) is 0 Å². The van der Waals surface area contributed by atoms with E-state index in [-0.39, 0.29) is 0 Å². The zero-order valence-electron chi connectivity index (χ0n) is 8.37. The van der Waals surface area contributed by atoms with Crippen molar-refractivity contribution < 1.29 is 0 Å². The van der Waals surface area contributed by atoms with E-state index in [4.69, 9.17) is 28.9 Å². The Bertz CT molecular complexity index is 495. The quantitative estimate of drug-likeness (QED) is 0.885. The van der Waals surface area contributed by atoms with E-state index in [0.29, 0.717) is 28.8 Å². The van der Waals surface area contributed by atoms with Crippen LogP contribution in [0.2, 0.25) is 10.0 Å². The Balaban J connectivity index is 2.23. The van der Waals surface area contributed by atoms with Crippen LogP contribution in [0.25, 0.3) is 0 Å². The Morgan fingerprint density at radius 3 is 2.81 bits per heavy atom. The molecule has 3 N–H and O–H groups in total. The van der Waals surface area contributed by atoms with E-state index in [9.17, 15) is 0 Å². The maximum Gasteiger partial charge on any atom is 0.164 e. The average Bonchev–Trinajstić information content (AvgIpc) is 2.73. The first-order valence-electron chi connectivity index (χ1n) is 4.74. The highest BCUT2D eigenvalue weighted by molar-refractivity contribution is 6.42. The van der Waals surface area contributed by atoms with Gasteiger partial charge in [-0.15, -0.1) is 0 Å². The number of H-pyrrole nitrogens is 1. The molecule has 1 aromatic heterocycles. The van der Waals surface area contributed by atoms with Crippen LogP contribution in [-0.2, 0) is 13.0 Å². The summed E-state index contributed by atoms with van der Waals surface area (Å²) in [6.45, 7) is 0.319. The fraction of sp³-hybridized carbons (Fsp3) is 0.200. The lowest BCUT2D eigenvalue weighted by Crippen LogP contribution is -1.98. The van der Waals surface area contributed by atoms with E-state index in [1.54, 1.807) is 6.07 Å². The van der Waals surface area contributed by atoms with Gasteiger partial charge in [-0.05, 0) is 11.6 Å². The highest BCUT2D eigenvalue weighted by Gasteiger charge is 2.08. The van der Waals surface area contributed by atoms with Crippen LogP contribution in [-0.4, -0.2) is 15.2 Å². The summed E-state index contributed by atoms with van der Waals surface area (Å²) in [6.07, 6.45) is 0.562. The van der Waals surface area contributed by atoms with Gasteiger partial charge in [0.2, 0.25) is 0 Å². The first-order valence-corrected chi connectivity index (χ1v) is 5.49. The minimum atomic E-state index is 0.319. The third-order valence-corrected chi connectivity index (χ3v) is 3.01. The molecule has 0 spiro atoms. The number of nitrogens with zero attached hydrogens (tertiary/aromatic N) is 2. The highest BCUT2D eigenvalue weighted by Crippen LogP contribution is 2.26. The van der Waals surface area contributed by atoms with Crippen molar-refractivity contribution in [2.45, 2.75) is 13.0 Å². The van der Waals surface area contributed by atoms with Gasteiger partial charge in [-0.2, -0.15) is 5.10 Å². The van der Waals surface area contributed by atoms with Crippen molar-refractivity contribution in [3.05, 3.63) is 45.5 Å². The molecule has 0 fully saturated rings. The fourth-order valence-corrected chi connectivity index (χ4v) is 1.76. The topological polar surface area (TPSA) is 67.6 Å². The van der Waals surface area contributed by atoms with Crippen LogP contribution in [0.1, 0.15) is 17.2 Å². The second kappa shape index (κ2) is 4.82. The largest absolute Gasteiger partial charge is 0.324 e. The Kier molecular flexibility index (Phi) is 3.43. The number of aromatic amines is 1. The summed E-state index contributed by atoms with van der Waals surface area (Å²) in [4.78, 5) is 4.20. The summed E-state index contributed by atoms with van der Waals surface area (Å²) >= 11 is 12.0. The predicted octanol–water partition coefficient (Wildman–Crippen LogP) is 2.16. The van der Waals surface area contributed by atoms with Gasteiger partial charge in [0.05, 0.1) is 16.6 Å². The normalized spacial score (nSPS) is 10.7. The molecule has 0 radical (unpaired) electrons. The molecule has 0 atom stereocenters. The fourth-order valence-electron chi connectivity index (χ4n) is 1.37. The van der Waals surface area contributed by atoms with Crippen molar-refractivity contribution in [3.63, 3.8) is 0 Å². The molecule has 0 aliphatic carbocycles. The molecular formula is C10H10Cl2N4. The third-order valence-electron chi connectivity index (χ3n) is 2.15. The van der Waals surface area contributed by atoms with Crippen LogP contribution in [0.15, 0.2) is 18.2 Å². The molecule has 0 aliphatic heterocycles. The van der Waals surface area contributed by atoms with E-state index in [1.807, 2.05) is 12.1 Å². The number of halogens is 2. The van der Waals surface area contributed by atoms with Crippen LogP contribution in [0.3, 0.4) is 0 Å². The Hall–Kier alpha value is -1.10. The molecule has 84 valence electrons. The Morgan fingerprint density at radius 2 is 2.12 bits per heavy atom. The van der Waals surface area contributed by atoms with Crippen LogP contribution in [0, 0.1) is 0 Å². The van der Waals surface area contributed by atoms with Gasteiger partial charge in [-0.3, -0.25) is 5.10 Å². The van der Waals surface area contributed by atoms with E-state index in [2.05, 4.69) is 15.2 Å². The van der Waals surface area contributed by atoms with Gasteiger partial charge in [0.25, 0.3) is 0 Å². The molecule has 0 unspecified atom stereocenters. The molecule has 1 aromatic carbocycles. The van der Waals surface area contributed by atoms with Crippen molar-refractivity contribution >= 4 is 23.2 Å². The minimum absolute atomic E-state index is 0.319. The molecule has 0 saturated carbocycles. The van der Waals surface area contributed by atoms with Crippen molar-refractivity contribution in [2.24, 2.45) is 5.73 Å². The van der Waals surface area contributed by atoms with E-state index < -0.39 is 0 Å². The van der Waals surface area contributed by atoms with Crippen molar-refractivity contribution in [3.8, 4) is 0 Å². The molecule has 2 rings (SSSR count). The molecule has 0 aliphatic rings. The lowest BCUT2D eigenvalue weighted by molar-refractivity contribution is 0.916. The molecular weight excluding hydrogens is 247 g/mol. The standard InChI is InChI=1S/C10H10Cl2N4/c11-7-3-1-2-6(10(7)12)4-8-14-9(5-13)16-15-8/h1-3H,4-5,13H2,(H,14,15,16). The van der Waals surface area contributed by atoms with E-state index >= 15 is 0 Å². The SMILES string of the molecule is NCc1n[nH]c(Cc2cccc(Cl)c2Cl)n1. The molecule has 6 heteroatoms. The van der Waals surface area contributed by atoms with Gasteiger partial charge in [-0.25, -0.2) is 4.98 Å². The monoisotopic (exact) mass is 256 g/mol. The first-order chi connectivity index (χ1) is 7.70. The number of nitrogens with two attached hydrogens (primary N) is 1. The number of aromatic nitrogens is 3. The molecule has 0 amide bonds. The van der Waals surface area contributed by atoms with Gasteiger partial charge in [0.15, 0.2) is 5.82 Å². The number of hydrogen-bond acceptors (Lipinski definition) is 3. The summed E-state index contributed by atoms with van der Waals surface area (Å²) < 4.78 is 0. The maximum absolute atomic E-state index is 6.07. The van der Waals surface area contributed by atoms with Gasteiger partial charge in [0, 0.05) is 6.42 Å². The second-order valence-electron chi connectivity index (χ2n) is 3.29. The van der Waals surface area contributed by atoms with Gasteiger partial charge < -0.3 is 5.73 Å². The second-order valence-corrected chi connectivity index (χ2v) is 4.08. The van der Waals surface area contributed by atoms with Crippen LogP contribution in [0.4, 0.5) is 0 Å². The summed E-state index contributed by atoms with van der Waals surface area (Å²) in [6, 6.07) is 5.50. The summed E-state index contributed by atoms with van der Waals surface area (Å²) in [7, 11) is 0. The molecule has 1 heterocycles. The molecule has 2 aromatic rings. The summed E-state index contributed by atoms with van der Waals surface area (Å²) in [5.41, 5.74) is 6.33. The molecule has 16 heavy (non-hydrogen) atoms. The smallest absolute Gasteiger partial charge is 0.164 e. The number of nitrogens with one attached hydrogen (secondary N) is 1. The number of hydrogen-bond donors (Lipinski definition) is 2. The maximum atomic E-state index is 6.07. The molecule has 0 saturated heterocycles. The number of rotatable bonds is 3. The lowest BCUT2D eigenvalue weighted by Gasteiger charge is -2.02. The zero-order chi connectivity index (χ0) is 11.5.